The van der Waals surface area contributed by atoms with Crippen LogP contribution in [0.1, 0.15) is 38.7 Å². The van der Waals surface area contributed by atoms with Crippen molar-refractivity contribution in [3.63, 3.8) is 0 Å². The molecular formula is C16H25N5O2. The molecule has 0 spiro atoms. The molecule has 0 aromatic carbocycles. The molecule has 2 heterocycles. The van der Waals surface area contributed by atoms with Crippen LogP contribution in [0, 0.1) is 11.3 Å². The Morgan fingerprint density at radius 1 is 1.30 bits per heavy atom. The first-order valence-corrected chi connectivity index (χ1v) is 8.08. The van der Waals surface area contributed by atoms with Gasteiger partial charge in [-0.15, -0.1) is 0 Å². The number of aromatic nitrogens is 2. The predicted octanol–water partition coefficient (Wildman–Crippen LogP) is 0.630. The molecule has 0 saturated carbocycles. The van der Waals surface area contributed by atoms with Crippen LogP contribution in [-0.2, 0) is 14.1 Å². The van der Waals surface area contributed by atoms with Gasteiger partial charge in [0.1, 0.15) is 11.9 Å². The fourth-order valence-corrected chi connectivity index (χ4v) is 3.29. The maximum atomic E-state index is 12.1. The molecule has 0 unspecified atom stereocenters. The third kappa shape index (κ3) is 3.32. The minimum atomic E-state index is -0.558. The van der Waals surface area contributed by atoms with Crippen molar-refractivity contribution < 1.29 is 0 Å². The van der Waals surface area contributed by atoms with E-state index in [9.17, 15) is 14.9 Å². The Morgan fingerprint density at radius 3 is 2.61 bits per heavy atom. The number of nitriles is 1. The van der Waals surface area contributed by atoms with Gasteiger partial charge in [-0.1, -0.05) is 6.42 Å². The summed E-state index contributed by atoms with van der Waals surface area (Å²) in [5, 5.41) is 12.4. The Morgan fingerprint density at radius 2 is 2.00 bits per heavy atom. The number of likely N-dealkylation sites (tertiary alicyclic amines) is 1. The van der Waals surface area contributed by atoms with Gasteiger partial charge in [0.25, 0.3) is 5.56 Å². The highest BCUT2D eigenvalue weighted by Crippen LogP contribution is 2.19. The second kappa shape index (κ2) is 7.01. The zero-order valence-electron chi connectivity index (χ0n) is 14.3. The lowest BCUT2D eigenvalue weighted by Crippen LogP contribution is -2.47. The van der Waals surface area contributed by atoms with Crippen LogP contribution in [0.4, 0.5) is 5.82 Å². The minimum Gasteiger partial charge on any atom is -0.369 e. The van der Waals surface area contributed by atoms with E-state index < -0.39 is 11.2 Å². The summed E-state index contributed by atoms with van der Waals surface area (Å²) >= 11 is 0. The molecule has 1 aromatic rings. The lowest BCUT2D eigenvalue weighted by molar-refractivity contribution is 0.120. The van der Waals surface area contributed by atoms with Gasteiger partial charge >= 0.3 is 5.69 Å². The van der Waals surface area contributed by atoms with Crippen LogP contribution < -0.4 is 16.6 Å². The molecule has 7 nitrogen and oxygen atoms in total. The maximum Gasteiger partial charge on any atom is 0.332 e. The summed E-state index contributed by atoms with van der Waals surface area (Å²) in [6, 6.07) is 2.71. The SMILES string of the molecule is C[C@@H]1CCCCN1[C@H](C)CNc1c(C#N)c(=O)n(C)c(=O)n1C. The third-order valence-corrected chi connectivity index (χ3v) is 4.76. The van der Waals surface area contributed by atoms with Gasteiger partial charge in [-0.2, -0.15) is 5.26 Å². The van der Waals surface area contributed by atoms with Crippen LogP contribution in [-0.4, -0.2) is 39.2 Å². The molecule has 7 heteroatoms. The van der Waals surface area contributed by atoms with E-state index in [2.05, 4.69) is 24.1 Å². The van der Waals surface area contributed by atoms with E-state index in [-0.39, 0.29) is 11.6 Å². The lowest BCUT2D eigenvalue weighted by atomic mass is 10.0. The minimum absolute atomic E-state index is 0.0199. The topological polar surface area (TPSA) is 83.1 Å². The molecule has 2 atom stereocenters. The largest absolute Gasteiger partial charge is 0.369 e. The van der Waals surface area contributed by atoms with Gasteiger partial charge in [0.2, 0.25) is 0 Å². The standard InChI is InChI=1S/C16H25N5O2/c1-11-7-5-6-8-21(11)12(2)10-18-14-13(9-17)15(22)20(4)16(23)19(14)3/h11-12,18H,5-8,10H2,1-4H3/t11-,12-/m1/s1. The predicted molar refractivity (Wildman–Crippen MR) is 89.6 cm³/mol. The van der Waals surface area contributed by atoms with Crippen LogP contribution in [0.5, 0.6) is 0 Å². The van der Waals surface area contributed by atoms with E-state index in [0.29, 0.717) is 18.4 Å². The molecule has 1 aliphatic heterocycles. The van der Waals surface area contributed by atoms with Crippen molar-refractivity contribution >= 4 is 5.82 Å². The van der Waals surface area contributed by atoms with Gasteiger partial charge in [-0.05, 0) is 33.2 Å². The Balaban J connectivity index is 2.22. The smallest absolute Gasteiger partial charge is 0.332 e. The zero-order chi connectivity index (χ0) is 17.1. The molecule has 2 rings (SSSR count). The van der Waals surface area contributed by atoms with Crippen molar-refractivity contribution in [2.75, 3.05) is 18.4 Å². The Hall–Kier alpha value is -2.07. The average Bonchev–Trinajstić information content (AvgIpc) is 2.55. The zero-order valence-corrected chi connectivity index (χ0v) is 14.3. The normalized spacial score (nSPS) is 20.0. The Labute approximate surface area is 136 Å². The second-order valence-electron chi connectivity index (χ2n) is 6.35. The summed E-state index contributed by atoms with van der Waals surface area (Å²) < 4.78 is 2.28. The number of anilines is 1. The van der Waals surface area contributed by atoms with Crippen molar-refractivity contribution in [3.8, 4) is 6.07 Å². The van der Waals surface area contributed by atoms with Gasteiger partial charge in [-0.25, -0.2) is 4.79 Å². The number of nitrogens with zero attached hydrogens (tertiary/aromatic N) is 4. The van der Waals surface area contributed by atoms with Crippen LogP contribution in [0.25, 0.3) is 0 Å². The Bertz CT molecular complexity index is 728. The molecule has 1 N–H and O–H groups in total. The van der Waals surface area contributed by atoms with Crippen LogP contribution in [0.2, 0.25) is 0 Å². The van der Waals surface area contributed by atoms with E-state index >= 15 is 0 Å². The number of piperidine rings is 1. The van der Waals surface area contributed by atoms with E-state index in [1.54, 1.807) is 7.05 Å². The molecule has 1 aromatic heterocycles. The van der Waals surface area contributed by atoms with Crippen molar-refractivity contribution in [2.45, 2.75) is 45.2 Å². The molecule has 1 fully saturated rings. The highest BCUT2D eigenvalue weighted by atomic mass is 16.2. The van der Waals surface area contributed by atoms with Crippen molar-refractivity contribution in [3.05, 3.63) is 26.4 Å². The van der Waals surface area contributed by atoms with Gasteiger partial charge in [-0.3, -0.25) is 18.8 Å². The number of rotatable bonds is 4. The maximum absolute atomic E-state index is 12.1. The quantitative estimate of drug-likeness (QED) is 0.880. The number of hydrogen-bond acceptors (Lipinski definition) is 5. The van der Waals surface area contributed by atoms with Gasteiger partial charge in [0.05, 0.1) is 0 Å². The molecule has 23 heavy (non-hydrogen) atoms. The van der Waals surface area contributed by atoms with E-state index in [0.717, 1.165) is 11.1 Å². The first-order chi connectivity index (χ1) is 10.9. The van der Waals surface area contributed by atoms with Crippen molar-refractivity contribution in [1.29, 1.82) is 5.26 Å². The molecule has 0 radical (unpaired) electrons. The van der Waals surface area contributed by atoms with Crippen molar-refractivity contribution in [2.24, 2.45) is 14.1 Å². The number of nitrogens with one attached hydrogen (secondary N) is 1. The first-order valence-electron chi connectivity index (χ1n) is 8.08. The summed E-state index contributed by atoms with van der Waals surface area (Å²) in [4.78, 5) is 26.5. The number of hydrogen-bond donors (Lipinski definition) is 1. The summed E-state index contributed by atoms with van der Waals surface area (Å²) in [5.41, 5.74) is -1.01. The fraction of sp³-hybridized carbons (Fsp3) is 0.688. The lowest BCUT2D eigenvalue weighted by Gasteiger charge is -2.38. The average molecular weight is 319 g/mol. The Kier molecular flexibility index (Phi) is 5.26. The van der Waals surface area contributed by atoms with E-state index in [1.165, 1.54) is 30.9 Å². The van der Waals surface area contributed by atoms with E-state index in [4.69, 9.17) is 0 Å². The third-order valence-electron chi connectivity index (χ3n) is 4.76. The van der Waals surface area contributed by atoms with Gasteiger partial charge < -0.3 is 5.32 Å². The monoisotopic (exact) mass is 319 g/mol. The second-order valence-corrected chi connectivity index (χ2v) is 6.35. The van der Waals surface area contributed by atoms with Crippen LogP contribution >= 0.6 is 0 Å². The molecule has 0 bridgehead atoms. The molecule has 0 aliphatic carbocycles. The summed E-state index contributed by atoms with van der Waals surface area (Å²) in [6.07, 6.45) is 3.65. The summed E-state index contributed by atoms with van der Waals surface area (Å²) in [5.74, 6) is 0.303. The highest BCUT2D eigenvalue weighted by Gasteiger charge is 2.23. The van der Waals surface area contributed by atoms with Crippen molar-refractivity contribution in [1.82, 2.24) is 14.0 Å². The summed E-state index contributed by atoms with van der Waals surface area (Å²) in [7, 11) is 2.95. The van der Waals surface area contributed by atoms with Gasteiger partial charge in [0.15, 0.2) is 5.56 Å². The molecule has 0 amide bonds. The van der Waals surface area contributed by atoms with Crippen LogP contribution in [0.15, 0.2) is 9.59 Å². The first kappa shape index (κ1) is 17.3. The fourth-order valence-electron chi connectivity index (χ4n) is 3.29. The summed E-state index contributed by atoms with van der Waals surface area (Å²) in [6.45, 7) is 5.99. The van der Waals surface area contributed by atoms with Gasteiger partial charge in [0, 0.05) is 32.7 Å². The molecule has 1 saturated heterocycles. The highest BCUT2D eigenvalue weighted by molar-refractivity contribution is 5.51. The molecule has 1 aliphatic rings. The van der Waals surface area contributed by atoms with Crippen LogP contribution in [0.3, 0.4) is 0 Å². The molecule has 126 valence electrons. The molecular weight excluding hydrogens is 294 g/mol. The van der Waals surface area contributed by atoms with E-state index in [1.807, 2.05) is 6.07 Å².